The summed E-state index contributed by atoms with van der Waals surface area (Å²) >= 11 is 5.99. The van der Waals surface area contributed by atoms with Crippen LogP contribution >= 0.6 is 11.6 Å². The summed E-state index contributed by atoms with van der Waals surface area (Å²) in [6.07, 6.45) is -1.38. The van der Waals surface area contributed by atoms with Gasteiger partial charge in [-0.3, -0.25) is 4.57 Å². The number of aromatic nitrogens is 2. The molecule has 0 amide bonds. The molecule has 1 fully saturated rings. The molecule has 1 saturated heterocycles. The van der Waals surface area contributed by atoms with Gasteiger partial charge < -0.3 is 20.7 Å². The van der Waals surface area contributed by atoms with E-state index in [9.17, 15) is 15.0 Å². The molecule has 0 spiro atoms. The molecule has 0 saturated carbocycles. The second kappa shape index (κ2) is 5.27. The number of aliphatic hydroxyl groups excluding tert-OH is 2. The van der Waals surface area contributed by atoms with Crippen molar-refractivity contribution in [1.82, 2.24) is 9.55 Å². The van der Waals surface area contributed by atoms with Crippen molar-refractivity contribution in [3.05, 3.63) is 33.2 Å². The van der Waals surface area contributed by atoms with E-state index in [0.29, 0.717) is 0 Å². The zero-order valence-electron chi connectivity index (χ0n) is 10.00. The van der Waals surface area contributed by atoms with E-state index >= 15 is 0 Å². The Balaban J connectivity index is 2.45. The zero-order valence-corrected chi connectivity index (χ0v) is 10.8. The highest BCUT2D eigenvalue weighted by Gasteiger charge is 2.54. The Hall–Kier alpha value is -1.84. The number of nitrogens with two attached hydrogens (primary N) is 1. The van der Waals surface area contributed by atoms with Gasteiger partial charge in [-0.05, 0) is 11.6 Å². The lowest BCUT2D eigenvalue weighted by Gasteiger charge is -2.23. The lowest BCUT2D eigenvalue weighted by Crippen LogP contribution is -2.43. The number of azide groups is 1. The molecule has 20 heavy (non-hydrogen) atoms. The first kappa shape index (κ1) is 14.6. The highest BCUT2D eigenvalue weighted by molar-refractivity contribution is 6.21. The van der Waals surface area contributed by atoms with Crippen LogP contribution in [0.1, 0.15) is 6.23 Å². The Morgan fingerprint density at radius 1 is 1.75 bits per heavy atom. The van der Waals surface area contributed by atoms with Gasteiger partial charge in [-0.1, -0.05) is 5.11 Å². The summed E-state index contributed by atoms with van der Waals surface area (Å²) in [4.78, 5) is 17.7. The molecule has 108 valence electrons. The van der Waals surface area contributed by atoms with Crippen molar-refractivity contribution in [2.75, 3.05) is 12.3 Å². The molecule has 1 aliphatic heterocycles. The average molecular weight is 303 g/mol. The third-order valence-electron chi connectivity index (χ3n) is 2.93. The molecule has 1 aliphatic rings. The van der Waals surface area contributed by atoms with Crippen molar-refractivity contribution in [2.24, 2.45) is 5.11 Å². The summed E-state index contributed by atoms with van der Waals surface area (Å²) in [7, 11) is 0. The van der Waals surface area contributed by atoms with Crippen LogP contribution in [0.4, 0.5) is 5.82 Å². The van der Waals surface area contributed by atoms with Gasteiger partial charge >= 0.3 is 5.69 Å². The van der Waals surface area contributed by atoms with Crippen molar-refractivity contribution in [2.45, 2.75) is 23.4 Å². The maximum atomic E-state index is 11.7. The average Bonchev–Trinajstić information content (AvgIpc) is 2.65. The molecular formula is C9H11ClN6O4. The number of aliphatic hydroxyl groups is 2. The van der Waals surface area contributed by atoms with Crippen LogP contribution in [0.3, 0.4) is 0 Å². The number of anilines is 1. The van der Waals surface area contributed by atoms with Crippen LogP contribution < -0.4 is 11.4 Å². The quantitative estimate of drug-likeness (QED) is 0.290. The van der Waals surface area contributed by atoms with E-state index < -0.39 is 35.7 Å². The van der Waals surface area contributed by atoms with Crippen LogP contribution in [-0.2, 0) is 4.74 Å². The summed E-state index contributed by atoms with van der Waals surface area (Å²) in [5.74, 6) is 0.0133. The van der Waals surface area contributed by atoms with Crippen LogP contribution in [0.25, 0.3) is 10.4 Å². The van der Waals surface area contributed by atoms with E-state index in [1.54, 1.807) is 0 Å². The van der Waals surface area contributed by atoms with Crippen LogP contribution in [0, 0.1) is 0 Å². The summed E-state index contributed by atoms with van der Waals surface area (Å²) in [6, 6.07) is 1.34. The minimum atomic E-state index is -1.95. The fourth-order valence-electron chi connectivity index (χ4n) is 1.90. The van der Waals surface area contributed by atoms with Gasteiger partial charge in [0.1, 0.15) is 17.3 Å². The smallest absolute Gasteiger partial charge is 0.351 e. The van der Waals surface area contributed by atoms with Crippen LogP contribution in [0.15, 0.2) is 22.2 Å². The minimum Gasteiger partial charge on any atom is -0.393 e. The molecule has 1 aromatic rings. The van der Waals surface area contributed by atoms with Gasteiger partial charge in [-0.2, -0.15) is 4.98 Å². The highest BCUT2D eigenvalue weighted by atomic mass is 35.5. The van der Waals surface area contributed by atoms with Crippen LogP contribution in [-0.4, -0.2) is 43.6 Å². The summed E-state index contributed by atoms with van der Waals surface area (Å²) < 4.78 is 6.29. The van der Waals surface area contributed by atoms with Crippen molar-refractivity contribution >= 4 is 17.4 Å². The molecule has 1 aromatic heterocycles. The standard InChI is InChI=1S/C9H11ClN6O4/c10-5-6(18)9(3-17,14-15-12)20-7(5)16-2-1-4(11)13-8(16)19/h1-2,5-7,17-18H,3H2,(H2,11,13,19)/t5-,6+,7-,9-/m1/s1. The number of rotatable bonds is 3. The van der Waals surface area contributed by atoms with E-state index in [1.807, 2.05) is 0 Å². The Morgan fingerprint density at radius 3 is 3.00 bits per heavy atom. The first-order chi connectivity index (χ1) is 9.45. The fourth-order valence-corrected chi connectivity index (χ4v) is 2.27. The van der Waals surface area contributed by atoms with E-state index in [1.165, 1.54) is 12.3 Å². The Kier molecular flexibility index (Phi) is 3.84. The minimum absolute atomic E-state index is 0.0133. The molecule has 2 heterocycles. The maximum Gasteiger partial charge on any atom is 0.351 e. The van der Waals surface area contributed by atoms with E-state index in [2.05, 4.69) is 15.0 Å². The van der Waals surface area contributed by atoms with Crippen LogP contribution in [0.2, 0.25) is 0 Å². The largest absolute Gasteiger partial charge is 0.393 e. The Labute approximate surface area is 117 Å². The first-order valence-electron chi connectivity index (χ1n) is 5.47. The van der Waals surface area contributed by atoms with Crippen molar-refractivity contribution in [1.29, 1.82) is 0 Å². The summed E-state index contributed by atoms with van der Waals surface area (Å²) in [5.41, 5.74) is 11.2. The molecule has 0 bridgehead atoms. The number of halogens is 1. The number of nitrogens with zero attached hydrogens (tertiary/aromatic N) is 5. The molecule has 0 radical (unpaired) electrons. The molecule has 4 atom stereocenters. The zero-order chi connectivity index (χ0) is 14.9. The Morgan fingerprint density at radius 2 is 2.45 bits per heavy atom. The predicted molar refractivity (Wildman–Crippen MR) is 67.6 cm³/mol. The van der Waals surface area contributed by atoms with Crippen molar-refractivity contribution in [3.8, 4) is 0 Å². The van der Waals surface area contributed by atoms with Gasteiger partial charge in [0, 0.05) is 11.1 Å². The highest BCUT2D eigenvalue weighted by Crippen LogP contribution is 2.40. The summed E-state index contributed by atoms with van der Waals surface area (Å²) in [5, 5.41) is 21.4. The van der Waals surface area contributed by atoms with Gasteiger partial charge in [0.25, 0.3) is 0 Å². The molecule has 2 rings (SSSR count). The molecule has 10 nitrogen and oxygen atoms in total. The SMILES string of the molecule is [N-]=[N+]=N[C@]1(CO)O[C@@H](n2ccc(N)nc2=O)[C@H](Cl)[C@@H]1O. The second-order valence-electron chi connectivity index (χ2n) is 4.13. The van der Waals surface area contributed by atoms with Crippen molar-refractivity contribution < 1.29 is 14.9 Å². The van der Waals surface area contributed by atoms with E-state index in [4.69, 9.17) is 27.6 Å². The molecule has 4 N–H and O–H groups in total. The maximum absolute atomic E-state index is 11.7. The predicted octanol–water partition coefficient (Wildman–Crippen LogP) is -0.679. The third kappa shape index (κ3) is 2.19. The van der Waals surface area contributed by atoms with Gasteiger partial charge in [-0.15, -0.1) is 11.6 Å². The monoisotopic (exact) mass is 302 g/mol. The topological polar surface area (TPSA) is 159 Å². The van der Waals surface area contributed by atoms with E-state index in [0.717, 1.165) is 4.57 Å². The second-order valence-corrected chi connectivity index (χ2v) is 4.64. The number of nitrogen functional groups attached to an aromatic ring is 1. The molecule has 0 aromatic carbocycles. The fraction of sp³-hybridized carbons (Fsp3) is 0.556. The number of ether oxygens (including phenoxy) is 1. The van der Waals surface area contributed by atoms with Crippen LogP contribution in [0.5, 0.6) is 0 Å². The first-order valence-corrected chi connectivity index (χ1v) is 5.90. The third-order valence-corrected chi connectivity index (χ3v) is 3.38. The summed E-state index contributed by atoms with van der Waals surface area (Å²) in [6.45, 7) is -0.797. The molecule has 0 aliphatic carbocycles. The van der Waals surface area contributed by atoms with Gasteiger partial charge in [0.2, 0.25) is 0 Å². The number of hydrogen-bond donors (Lipinski definition) is 3. The molecular weight excluding hydrogens is 292 g/mol. The van der Waals surface area contributed by atoms with Gasteiger partial charge in [-0.25, -0.2) is 4.79 Å². The van der Waals surface area contributed by atoms with E-state index in [-0.39, 0.29) is 5.82 Å². The normalized spacial score (nSPS) is 32.9. The molecule has 11 heteroatoms. The molecule has 0 unspecified atom stereocenters. The number of hydrogen-bond acceptors (Lipinski definition) is 7. The lowest BCUT2D eigenvalue weighted by molar-refractivity contribution is -0.124. The van der Waals surface area contributed by atoms with Gasteiger partial charge in [0.05, 0.1) is 6.61 Å². The lowest BCUT2D eigenvalue weighted by atomic mass is 10.1. The number of alkyl halides is 1. The van der Waals surface area contributed by atoms with Gasteiger partial charge in [0.15, 0.2) is 12.0 Å². The van der Waals surface area contributed by atoms with Crippen molar-refractivity contribution in [3.63, 3.8) is 0 Å². The Bertz CT molecular complexity index is 617.